The fourth-order valence-electron chi connectivity index (χ4n) is 3.00. The minimum atomic E-state index is -0.912. The molecule has 1 aromatic heterocycles. The van der Waals surface area contributed by atoms with Crippen LogP contribution >= 0.6 is 11.3 Å². The second-order valence-corrected chi connectivity index (χ2v) is 7.26. The van der Waals surface area contributed by atoms with Crippen molar-refractivity contribution in [3.8, 4) is 5.19 Å². The van der Waals surface area contributed by atoms with Gasteiger partial charge in [0.05, 0.1) is 10.2 Å². The van der Waals surface area contributed by atoms with Gasteiger partial charge in [0.15, 0.2) is 0 Å². The van der Waals surface area contributed by atoms with Crippen molar-refractivity contribution in [3.63, 3.8) is 0 Å². The highest BCUT2D eigenvalue weighted by Gasteiger charge is 2.15. The first-order chi connectivity index (χ1) is 12.2. The third-order valence-electron chi connectivity index (χ3n) is 4.03. The maximum Gasteiger partial charge on any atom is 0.411 e. The molecule has 26 heavy (non-hydrogen) atoms. The van der Waals surface area contributed by atoms with Crippen LogP contribution in [-0.4, -0.2) is 17.0 Å². The molecule has 0 unspecified atom stereocenters. The van der Waals surface area contributed by atoms with E-state index in [1.165, 1.54) is 11.3 Å². The second kappa shape index (κ2) is 6.76. The van der Waals surface area contributed by atoms with Crippen molar-refractivity contribution in [1.29, 1.82) is 0 Å². The maximum absolute atomic E-state index is 12.8. The number of anilines is 1. The molecule has 0 aliphatic carbocycles. The van der Waals surface area contributed by atoms with Crippen LogP contribution in [0.1, 0.15) is 32.6 Å². The highest BCUT2D eigenvalue weighted by Crippen LogP contribution is 2.31. The molecular weight excluding hydrogens is 350 g/mol. The molecule has 3 aromatic rings. The number of hydrogen-bond donors (Lipinski definition) is 2. The summed E-state index contributed by atoms with van der Waals surface area (Å²) in [5, 5.41) is 3.16. The molecule has 0 saturated heterocycles. The van der Waals surface area contributed by atoms with Crippen LogP contribution in [0.3, 0.4) is 0 Å². The number of aryl methyl sites for hydroxylation is 4. The average molecular weight is 369 g/mol. The highest BCUT2D eigenvalue weighted by molar-refractivity contribution is 7.20. The van der Waals surface area contributed by atoms with Gasteiger partial charge in [-0.2, -0.15) is 0 Å². The Morgan fingerprint density at radius 1 is 1.04 bits per heavy atom. The summed E-state index contributed by atoms with van der Waals surface area (Å²) in [6, 6.07) is 7.58. The SMILES string of the molecule is Cc1cc(C)c(NC(=O)c2cc(C)c3nc(OC(N)=O)sc3c2)c(C)c1. The van der Waals surface area contributed by atoms with E-state index in [9.17, 15) is 9.59 Å². The van der Waals surface area contributed by atoms with Gasteiger partial charge in [-0.25, -0.2) is 9.78 Å². The molecule has 134 valence electrons. The lowest BCUT2D eigenvalue weighted by Gasteiger charge is -2.13. The Morgan fingerprint density at radius 3 is 2.31 bits per heavy atom. The van der Waals surface area contributed by atoms with Crippen LogP contribution in [-0.2, 0) is 0 Å². The van der Waals surface area contributed by atoms with Crippen molar-refractivity contribution in [2.24, 2.45) is 5.73 Å². The Morgan fingerprint density at radius 2 is 1.69 bits per heavy atom. The number of carbonyl (C=O) groups is 2. The van der Waals surface area contributed by atoms with E-state index >= 15 is 0 Å². The summed E-state index contributed by atoms with van der Waals surface area (Å²) < 4.78 is 5.59. The second-order valence-electron chi connectivity index (χ2n) is 6.27. The molecule has 0 spiro atoms. The monoisotopic (exact) mass is 369 g/mol. The number of hydrogen-bond acceptors (Lipinski definition) is 5. The van der Waals surface area contributed by atoms with Gasteiger partial charge >= 0.3 is 6.09 Å². The molecule has 0 bridgehead atoms. The molecule has 2 amide bonds. The summed E-state index contributed by atoms with van der Waals surface area (Å²) in [4.78, 5) is 27.9. The Hall–Kier alpha value is -2.93. The number of carbonyl (C=O) groups excluding carboxylic acids is 2. The third-order valence-corrected chi connectivity index (χ3v) is 4.91. The van der Waals surface area contributed by atoms with Crippen LogP contribution in [0.15, 0.2) is 24.3 Å². The molecule has 0 atom stereocenters. The van der Waals surface area contributed by atoms with Gasteiger partial charge in [-0.15, -0.1) is 0 Å². The minimum absolute atomic E-state index is 0.165. The van der Waals surface area contributed by atoms with E-state index in [0.717, 1.165) is 32.6 Å². The Labute approximate surface area is 155 Å². The first-order valence-electron chi connectivity index (χ1n) is 8.02. The number of primary amides is 1. The number of aromatic nitrogens is 1. The Kier molecular flexibility index (Phi) is 4.65. The van der Waals surface area contributed by atoms with Crippen molar-refractivity contribution in [2.75, 3.05) is 5.32 Å². The summed E-state index contributed by atoms with van der Waals surface area (Å²) >= 11 is 1.17. The zero-order valence-electron chi connectivity index (χ0n) is 15.0. The molecule has 7 heteroatoms. The summed E-state index contributed by atoms with van der Waals surface area (Å²) in [6.07, 6.45) is -0.912. The molecule has 0 aliphatic heterocycles. The third kappa shape index (κ3) is 3.52. The van der Waals surface area contributed by atoms with E-state index in [1.54, 1.807) is 12.1 Å². The fraction of sp³-hybridized carbons (Fsp3) is 0.211. The number of ether oxygens (including phenoxy) is 1. The van der Waals surface area contributed by atoms with E-state index < -0.39 is 6.09 Å². The zero-order chi connectivity index (χ0) is 19.0. The van der Waals surface area contributed by atoms with Crippen LogP contribution in [0.4, 0.5) is 10.5 Å². The van der Waals surface area contributed by atoms with Gasteiger partial charge in [-0.1, -0.05) is 29.0 Å². The van der Waals surface area contributed by atoms with Gasteiger partial charge in [-0.3, -0.25) is 4.79 Å². The number of nitrogens with two attached hydrogens (primary N) is 1. The fourth-order valence-corrected chi connectivity index (χ4v) is 3.94. The topological polar surface area (TPSA) is 94.3 Å². The highest BCUT2D eigenvalue weighted by atomic mass is 32.1. The quantitative estimate of drug-likeness (QED) is 0.722. The van der Waals surface area contributed by atoms with E-state index in [-0.39, 0.29) is 11.1 Å². The molecule has 0 saturated carbocycles. The number of fused-ring (bicyclic) bond motifs is 1. The molecule has 3 N–H and O–H groups in total. The molecule has 1 heterocycles. The minimum Gasteiger partial charge on any atom is -0.381 e. The Balaban J connectivity index is 1.95. The maximum atomic E-state index is 12.8. The van der Waals surface area contributed by atoms with E-state index in [2.05, 4.69) is 10.3 Å². The predicted molar refractivity (Wildman–Crippen MR) is 103 cm³/mol. The van der Waals surface area contributed by atoms with Crippen LogP contribution in [0.5, 0.6) is 5.19 Å². The summed E-state index contributed by atoms with van der Waals surface area (Å²) in [7, 11) is 0. The number of nitrogens with one attached hydrogen (secondary N) is 1. The lowest BCUT2D eigenvalue weighted by Crippen LogP contribution is -2.15. The first kappa shape index (κ1) is 17.9. The molecule has 0 radical (unpaired) electrons. The normalized spacial score (nSPS) is 10.8. The van der Waals surface area contributed by atoms with Crippen LogP contribution < -0.4 is 15.8 Å². The number of benzene rings is 2. The van der Waals surface area contributed by atoms with Crippen LogP contribution in [0, 0.1) is 27.7 Å². The number of nitrogens with zero attached hydrogens (tertiary/aromatic N) is 1. The van der Waals surface area contributed by atoms with Gasteiger partial charge in [0, 0.05) is 11.3 Å². The Bertz CT molecular complexity index is 1020. The van der Waals surface area contributed by atoms with Gasteiger partial charge in [-0.05, 0) is 56.5 Å². The van der Waals surface area contributed by atoms with Gasteiger partial charge in [0.1, 0.15) is 0 Å². The molecule has 2 aromatic carbocycles. The van der Waals surface area contributed by atoms with Crippen molar-refractivity contribution in [2.45, 2.75) is 27.7 Å². The number of thiazole rings is 1. The molecule has 0 aliphatic rings. The standard InChI is InChI=1S/C19H19N3O3S/c1-9-5-10(2)15(11(3)6-9)21-17(23)13-7-12(4)16-14(8-13)26-19(22-16)25-18(20)24/h5-8H,1-4H3,(H2,20,24)(H,21,23). The van der Waals surface area contributed by atoms with Gasteiger partial charge in [0.2, 0.25) is 0 Å². The molecule has 0 fully saturated rings. The van der Waals surface area contributed by atoms with Crippen molar-refractivity contribution in [3.05, 3.63) is 52.1 Å². The smallest absolute Gasteiger partial charge is 0.381 e. The average Bonchev–Trinajstić information content (AvgIpc) is 2.92. The van der Waals surface area contributed by atoms with Crippen molar-refractivity contribution >= 4 is 39.2 Å². The number of amides is 2. The summed E-state index contributed by atoms with van der Waals surface area (Å²) in [6.45, 7) is 7.83. The van der Waals surface area contributed by atoms with E-state index in [4.69, 9.17) is 10.5 Å². The van der Waals surface area contributed by atoms with Crippen molar-refractivity contribution in [1.82, 2.24) is 4.98 Å². The lowest BCUT2D eigenvalue weighted by atomic mass is 10.0. The van der Waals surface area contributed by atoms with E-state index in [0.29, 0.717) is 11.1 Å². The molecule has 3 rings (SSSR count). The lowest BCUT2D eigenvalue weighted by molar-refractivity contribution is 0.102. The summed E-state index contributed by atoms with van der Waals surface area (Å²) in [5.74, 6) is -0.198. The first-order valence-corrected chi connectivity index (χ1v) is 8.84. The van der Waals surface area contributed by atoms with E-state index in [1.807, 2.05) is 39.8 Å². The molecule has 6 nitrogen and oxygen atoms in total. The van der Waals surface area contributed by atoms with Crippen LogP contribution in [0.25, 0.3) is 10.2 Å². The largest absolute Gasteiger partial charge is 0.411 e. The van der Waals surface area contributed by atoms with Crippen LogP contribution in [0.2, 0.25) is 0 Å². The number of rotatable bonds is 3. The predicted octanol–water partition coefficient (Wildman–Crippen LogP) is 4.24. The van der Waals surface area contributed by atoms with Crippen molar-refractivity contribution < 1.29 is 14.3 Å². The van der Waals surface area contributed by atoms with Gasteiger partial charge < -0.3 is 15.8 Å². The molecular formula is C19H19N3O3S. The zero-order valence-corrected chi connectivity index (χ0v) is 15.8. The summed E-state index contributed by atoms with van der Waals surface area (Å²) in [5.41, 5.74) is 11.1. The van der Waals surface area contributed by atoms with Gasteiger partial charge in [0.25, 0.3) is 11.1 Å².